The van der Waals surface area contributed by atoms with Gasteiger partial charge in [-0.15, -0.1) is 0 Å². The largest absolute Gasteiger partial charge is 0.377 e. The third-order valence-electron chi connectivity index (χ3n) is 6.50. The van der Waals surface area contributed by atoms with Gasteiger partial charge in [-0.1, -0.05) is 30.3 Å². The first-order valence-corrected chi connectivity index (χ1v) is 10.7. The van der Waals surface area contributed by atoms with E-state index in [2.05, 4.69) is 52.2 Å². The van der Waals surface area contributed by atoms with E-state index in [1.54, 1.807) is 0 Å². The molecule has 3 heterocycles. The third-order valence-corrected chi connectivity index (χ3v) is 6.50. The number of carbonyl (C=O) groups excluding carboxylic acids is 1. The van der Waals surface area contributed by atoms with Crippen molar-refractivity contribution in [3.05, 3.63) is 52.8 Å². The minimum Gasteiger partial charge on any atom is -0.377 e. The number of likely N-dealkylation sites (tertiary alicyclic amines) is 1. The fourth-order valence-electron chi connectivity index (χ4n) is 4.79. The van der Waals surface area contributed by atoms with Crippen LogP contribution in [0.1, 0.15) is 41.4 Å². The van der Waals surface area contributed by atoms with Crippen molar-refractivity contribution in [2.45, 2.75) is 39.3 Å². The van der Waals surface area contributed by atoms with E-state index in [1.807, 2.05) is 18.7 Å². The number of piperidine rings is 1. The Labute approximate surface area is 173 Å². The SMILES string of the molecule is Cc1nn(C)c(C)c1[C@@H]1COCCN1C(=O)C1CCN(Cc2ccccc2)CC1. The van der Waals surface area contributed by atoms with Gasteiger partial charge in [0.25, 0.3) is 0 Å². The zero-order valence-electron chi connectivity index (χ0n) is 17.8. The fourth-order valence-corrected chi connectivity index (χ4v) is 4.79. The zero-order chi connectivity index (χ0) is 20.4. The Morgan fingerprint density at radius 2 is 1.86 bits per heavy atom. The molecule has 2 aromatic rings. The van der Waals surface area contributed by atoms with Gasteiger partial charge in [0.15, 0.2) is 0 Å². The molecule has 2 aliphatic rings. The van der Waals surface area contributed by atoms with Gasteiger partial charge in [-0.2, -0.15) is 5.10 Å². The van der Waals surface area contributed by atoms with Gasteiger partial charge in [0.05, 0.1) is 24.9 Å². The Hall–Kier alpha value is -2.18. The van der Waals surface area contributed by atoms with Crippen molar-refractivity contribution in [2.24, 2.45) is 13.0 Å². The fraction of sp³-hybridized carbons (Fsp3) is 0.565. The average molecular weight is 397 g/mol. The number of amides is 1. The molecule has 2 saturated heterocycles. The Bertz CT molecular complexity index is 840. The van der Waals surface area contributed by atoms with Crippen molar-refractivity contribution in [1.82, 2.24) is 19.6 Å². The molecule has 156 valence electrons. The van der Waals surface area contributed by atoms with E-state index in [-0.39, 0.29) is 12.0 Å². The lowest BCUT2D eigenvalue weighted by Gasteiger charge is -2.40. The lowest BCUT2D eigenvalue weighted by atomic mass is 9.93. The normalized spacial score (nSPS) is 21.5. The molecule has 1 atom stereocenters. The van der Waals surface area contributed by atoms with E-state index in [9.17, 15) is 4.79 Å². The van der Waals surface area contributed by atoms with Crippen molar-refractivity contribution >= 4 is 5.91 Å². The van der Waals surface area contributed by atoms with E-state index >= 15 is 0 Å². The van der Waals surface area contributed by atoms with Crippen LogP contribution in [0.15, 0.2) is 30.3 Å². The second kappa shape index (κ2) is 8.67. The first-order valence-electron chi connectivity index (χ1n) is 10.7. The van der Waals surface area contributed by atoms with Crippen molar-refractivity contribution in [2.75, 3.05) is 32.8 Å². The molecule has 1 amide bonds. The molecule has 6 heteroatoms. The molecule has 1 aromatic heterocycles. The van der Waals surface area contributed by atoms with Gasteiger partial charge in [0, 0.05) is 37.3 Å². The number of aryl methyl sites for hydroxylation is 2. The second-order valence-electron chi connectivity index (χ2n) is 8.37. The highest BCUT2D eigenvalue weighted by Gasteiger charge is 2.36. The van der Waals surface area contributed by atoms with Crippen LogP contribution < -0.4 is 0 Å². The van der Waals surface area contributed by atoms with Gasteiger partial charge < -0.3 is 9.64 Å². The summed E-state index contributed by atoms with van der Waals surface area (Å²) in [6.07, 6.45) is 1.86. The first-order chi connectivity index (χ1) is 14.0. The number of hydrogen-bond acceptors (Lipinski definition) is 4. The summed E-state index contributed by atoms with van der Waals surface area (Å²) >= 11 is 0. The summed E-state index contributed by atoms with van der Waals surface area (Å²) in [5, 5.41) is 4.56. The highest BCUT2D eigenvalue weighted by molar-refractivity contribution is 5.79. The molecule has 0 aliphatic carbocycles. The maximum Gasteiger partial charge on any atom is 0.226 e. The molecule has 0 saturated carbocycles. The molecule has 29 heavy (non-hydrogen) atoms. The van der Waals surface area contributed by atoms with E-state index in [4.69, 9.17) is 4.74 Å². The molecule has 2 aliphatic heterocycles. The highest BCUT2D eigenvalue weighted by Crippen LogP contribution is 2.32. The Morgan fingerprint density at radius 1 is 1.14 bits per heavy atom. The van der Waals surface area contributed by atoms with Crippen LogP contribution in [0.4, 0.5) is 0 Å². The number of carbonyl (C=O) groups is 1. The minimum absolute atomic E-state index is 0.0210. The van der Waals surface area contributed by atoms with Crippen LogP contribution in [0, 0.1) is 19.8 Å². The van der Waals surface area contributed by atoms with Gasteiger partial charge in [0.2, 0.25) is 5.91 Å². The summed E-state index contributed by atoms with van der Waals surface area (Å²) in [5.74, 6) is 0.403. The van der Waals surface area contributed by atoms with Crippen molar-refractivity contribution in [3.8, 4) is 0 Å². The van der Waals surface area contributed by atoms with Gasteiger partial charge in [-0.25, -0.2) is 0 Å². The Morgan fingerprint density at radius 3 is 2.52 bits per heavy atom. The molecular formula is C23H32N4O2. The van der Waals surface area contributed by atoms with Gasteiger partial charge >= 0.3 is 0 Å². The maximum absolute atomic E-state index is 13.5. The lowest BCUT2D eigenvalue weighted by Crippen LogP contribution is -2.48. The van der Waals surface area contributed by atoms with Gasteiger partial charge in [0.1, 0.15) is 0 Å². The average Bonchev–Trinajstić information content (AvgIpc) is 3.00. The van der Waals surface area contributed by atoms with Crippen LogP contribution >= 0.6 is 0 Å². The number of hydrogen-bond donors (Lipinski definition) is 0. The molecule has 4 rings (SSSR count). The summed E-state index contributed by atoms with van der Waals surface area (Å²) in [6, 6.07) is 10.6. The van der Waals surface area contributed by atoms with Crippen LogP contribution in [0.3, 0.4) is 0 Å². The summed E-state index contributed by atoms with van der Waals surface area (Å²) in [7, 11) is 1.96. The monoisotopic (exact) mass is 396 g/mol. The Balaban J connectivity index is 1.42. The zero-order valence-corrected chi connectivity index (χ0v) is 17.8. The van der Waals surface area contributed by atoms with Crippen LogP contribution in [-0.4, -0.2) is 58.3 Å². The molecule has 0 bridgehead atoms. The van der Waals surface area contributed by atoms with E-state index in [0.29, 0.717) is 25.7 Å². The lowest BCUT2D eigenvalue weighted by molar-refractivity contribution is -0.146. The predicted molar refractivity (Wildman–Crippen MR) is 112 cm³/mol. The molecular weight excluding hydrogens is 364 g/mol. The standard InChI is InChI=1S/C23H32N4O2/c1-17-22(18(2)25(3)24-17)21-16-29-14-13-27(21)23(28)20-9-11-26(12-10-20)15-19-7-5-4-6-8-19/h4-8,20-21H,9-16H2,1-3H3/t21-/m0/s1. The topological polar surface area (TPSA) is 50.6 Å². The predicted octanol–water partition coefficient (Wildman–Crippen LogP) is 2.85. The number of benzene rings is 1. The number of rotatable bonds is 4. The summed E-state index contributed by atoms with van der Waals surface area (Å²) in [5.41, 5.74) is 4.61. The van der Waals surface area contributed by atoms with Gasteiger partial charge in [-0.05, 0) is 45.3 Å². The number of ether oxygens (including phenoxy) is 1. The quantitative estimate of drug-likeness (QED) is 0.797. The first kappa shape index (κ1) is 20.1. The van der Waals surface area contributed by atoms with Crippen LogP contribution in [0.2, 0.25) is 0 Å². The van der Waals surface area contributed by atoms with Crippen molar-refractivity contribution < 1.29 is 9.53 Å². The second-order valence-corrected chi connectivity index (χ2v) is 8.37. The number of nitrogens with zero attached hydrogens (tertiary/aromatic N) is 4. The van der Waals surface area contributed by atoms with Crippen molar-refractivity contribution in [1.29, 1.82) is 0 Å². The minimum atomic E-state index is -0.0210. The maximum atomic E-state index is 13.5. The summed E-state index contributed by atoms with van der Waals surface area (Å²) in [6.45, 7) is 8.88. The van der Waals surface area contributed by atoms with Crippen molar-refractivity contribution in [3.63, 3.8) is 0 Å². The van der Waals surface area contributed by atoms with E-state index < -0.39 is 0 Å². The number of morpholine rings is 1. The molecule has 2 fully saturated rings. The summed E-state index contributed by atoms with van der Waals surface area (Å²) < 4.78 is 7.67. The molecule has 0 radical (unpaired) electrons. The smallest absolute Gasteiger partial charge is 0.226 e. The highest BCUT2D eigenvalue weighted by atomic mass is 16.5. The van der Waals surface area contributed by atoms with Crippen LogP contribution in [0.25, 0.3) is 0 Å². The molecule has 0 N–H and O–H groups in total. The third kappa shape index (κ3) is 4.23. The molecule has 0 spiro atoms. The Kier molecular flexibility index (Phi) is 6.01. The molecule has 1 aromatic carbocycles. The van der Waals surface area contributed by atoms with E-state index in [1.165, 1.54) is 5.56 Å². The van der Waals surface area contributed by atoms with Crippen LogP contribution in [0.5, 0.6) is 0 Å². The summed E-state index contributed by atoms with van der Waals surface area (Å²) in [4.78, 5) is 18.0. The van der Waals surface area contributed by atoms with Crippen LogP contribution in [-0.2, 0) is 23.1 Å². The molecule has 0 unspecified atom stereocenters. The van der Waals surface area contributed by atoms with E-state index in [0.717, 1.165) is 49.4 Å². The van der Waals surface area contributed by atoms with Gasteiger partial charge in [-0.3, -0.25) is 14.4 Å². The molecule has 6 nitrogen and oxygen atoms in total. The number of aromatic nitrogens is 2.